The van der Waals surface area contributed by atoms with E-state index in [9.17, 15) is 10.4 Å². The van der Waals surface area contributed by atoms with Crippen LogP contribution in [-0.2, 0) is 0 Å². The van der Waals surface area contributed by atoms with Crippen LogP contribution < -0.4 is 10.2 Å². The van der Waals surface area contributed by atoms with Crippen molar-refractivity contribution in [2.24, 2.45) is 0 Å². The molecule has 2 aromatic carbocycles. The molecule has 2 aromatic heterocycles. The zero-order chi connectivity index (χ0) is 22.6. The lowest BCUT2D eigenvalue weighted by molar-refractivity contribution is 0.154. The SMILES string of the molecule is N#Cc1cc(-c2ccnc(Nc3ccc(-c4nn[nH]n4)cc3)n2)cc(N2CCCC(O)C2)c1. The number of anilines is 3. The molecule has 1 atom stereocenters. The maximum atomic E-state index is 10.1. The summed E-state index contributed by atoms with van der Waals surface area (Å²) in [6.45, 7) is 1.41. The molecular formula is C23H21N9O. The van der Waals surface area contributed by atoms with Gasteiger partial charge in [0.2, 0.25) is 11.8 Å². The minimum atomic E-state index is -0.353. The standard InChI is InChI=1S/C23H21N9O/c24-13-15-10-17(12-19(11-15)32-9-1-2-20(33)14-32)21-7-8-25-23(27-21)26-18-5-3-16(4-6-18)22-28-30-31-29-22/h3-8,10-12,20,33H,1-2,9,14H2,(H,25,26,27)(H,28,29,30,31). The Balaban J connectivity index is 1.39. The lowest BCUT2D eigenvalue weighted by Crippen LogP contribution is -2.38. The zero-order valence-electron chi connectivity index (χ0n) is 17.7. The maximum absolute atomic E-state index is 10.1. The summed E-state index contributed by atoms with van der Waals surface area (Å²) in [7, 11) is 0. The molecule has 0 aliphatic carbocycles. The molecule has 0 amide bonds. The Labute approximate surface area is 189 Å². The van der Waals surface area contributed by atoms with Crippen LogP contribution in [0.25, 0.3) is 22.6 Å². The Morgan fingerprint density at radius 2 is 2.00 bits per heavy atom. The lowest BCUT2D eigenvalue weighted by atomic mass is 10.0. The van der Waals surface area contributed by atoms with Crippen molar-refractivity contribution in [3.63, 3.8) is 0 Å². The molecule has 3 heterocycles. The molecule has 10 heteroatoms. The summed E-state index contributed by atoms with van der Waals surface area (Å²) < 4.78 is 0. The molecule has 3 N–H and O–H groups in total. The Morgan fingerprint density at radius 1 is 1.12 bits per heavy atom. The van der Waals surface area contributed by atoms with Gasteiger partial charge in [0.05, 0.1) is 23.4 Å². The average molecular weight is 439 g/mol. The first kappa shape index (κ1) is 20.5. The highest BCUT2D eigenvalue weighted by Gasteiger charge is 2.19. The molecule has 33 heavy (non-hydrogen) atoms. The fourth-order valence-corrected chi connectivity index (χ4v) is 3.89. The number of aliphatic hydroxyl groups excluding tert-OH is 1. The maximum Gasteiger partial charge on any atom is 0.227 e. The van der Waals surface area contributed by atoms with E-state index in [2.05, 4.69) is 46.9 Å². The highest BCUT2D eigenvalue weighted by atomic mass is 16.3. The van der Waals surface area contributed by atoms with Gasteiger partial charge in [-0.2, -0.15) is 10.5 Å². The number of nitriles is 1. The second-order valence-electron chi connectivity index (χ2n) is 7.83. The van der Waals surface area contributed by atoms with E-state index in [0.717, 1.165) is 41.9 Å². The summed E-state index contributed by atoms with van der Waals surface area (Å²) in [5.41, 5.74) is 4.63. The molecule has 1 aliphatic rings. The molecule has 164 valence electrons. The van der Waals surface area contributed by atoms with E-state index in [1.165, 1.54) is 0 Å². The Morgan fingerprint density at radius 3 is 2.76 bits per heavy atom. The number of aliphatic hydroxyl groups is 1. The van der Waals surface area contributed by atoms with Gasteiger partial charge in [-0.3, -0.25) is 0 Å². The Hall–Kier alpha value is -4.36. The van der Waals surface area contributed by atoms with Gasteiger partial charge in [0.1, 0.15) is 0 Å². The molecule has 0 saturated carbocycles. The van der Waals surface area contributed by atoms with Crippen LogP contribution in [0.1, 0.15) is 18.4 Å². The van der Waals surface area contributed by atoms with Crippen LogP contribution in [0.2, 0.25) is 0 Å². The molecule has 1 saturated heterocycles. The molecule has 4 aromatic rings. The van der Waals surface area contributed by atoms with Crippen LogP contribution >= 0.6 is 0 Å². The van der Waals surface area contributed by atoms with Gasteiger partial charge in [-0.05, 0) is 66.6 Å². The molecular weight excluding hydrogens is 418 g/mol. The fraction of sp³-hybridized carbons (Fsp3) is 0.217. The van der Waals surface area contributed by atoms with Crippen LogP contribution in [0.5, 0.6) is 0 Å². The van der Waals surface area contributed by atoms with Crippen LogP contribution in [0, 0.1) is 11.3 Å². The third-order valence-electron chi connectivity index (χ3n) is 5.50. The first-order valence-electron chi connectivity index (χ1n) is 10.6. The number of H-pyrrole nitrogens is 1. The normalized spacial score (nSPS) is 15.8. The largest absolute Gasteiger partial charge is 0.391 e. The monoisotopic (exact) mass is 439 g/mol. The van der Waals surface area contributed by atoms with Crippen molar-refractivity contribution in [3.05, 3.63) is 60.3 Å². The molecule has 1 aliphatic heterocycles. The number of tetrazole rings is 1. The quantitative estimate of drug-likeness (QED) is 0.428. The molecule has 1 fully saturated rings. The number of hydrogen-bond acceptors (Lipinski definition) is 9. The number of β-amino-alcohol motifs (C(OH)–C–C–N with tert-alkyl or cyclic N) is 1. The van der Waals surface area contributed by atoms with Gasteiger partial charge in [0.25, 0.3) is 0 Å². The van der Waals surface area contributed by atoms with Crippen molar-refractivity contribution in [2.45, 2.75) is 18.9 Å². The second kappa shape index (κ2) is 9.02. The van der Waals surface area contributed by atoms with Crippen molar-refractivity contribution >= 4 is 17.3 Å². The molecule has 0 spiro atoms. The van der Waals surface area contributed by atoms with Crippen molar-refractivity contribution in [1.82, 2.24) is 30.6 Å². The number of aromatic amines is 1. The van der Waals surface area contributed by atoms with Crippen molar-refractivity contribution in [3.8, 4) is 28.7 Å². The van der Waals surface area contributed by atoms with Gasteiger partial charge in [-0.1, -0.05) is 0 Å². The zero-order valence-corrected chi connectivity index (χ0v) is 17.7. The van der Waals surface area contributed by atoms with Gasteiger partial charge in [-0.15, -0.1) is 10.2 Å². The van der Waals surface area contributed by atoms with Crippen molar-refractivity contribution in [2.75, 3.05) is 23.3 Å². The molecule has 5 rings (SSSR count). The van der Waals surface area contributed by atoms with E-state index in [1.807, 2.05) is 48.5 Å². The number of piperidine rings is 1. The number of hydrogen-bond donors (Lipinski definition) is 3. The van der Waals surface area contributed by atoms with E-state index in [1.54, 1.807) is 6.20 Å². The number of rotatable bonds is 5. The van der Waals surface area contributed by atoms with Gasteiger partial charge < -0.3 is 15.3 Å². The summed E-state index contributed by atoms with van der Waals surface area (Å²) in [5, 5.41) is 36.8. The summed E-state index contributed by atoms with van der Waals surface area (Å²) in [5.74, 6) is 0.964. The van der Waals surface area contributed by atoms with Crippen LogP contribution in [0.3, 0.4) is 0 Å². The fourth-order valence-electron chi connectivity index (χ4n) is 3.89. The van der Waals surface area contributed by atoms with Crippen molar-refractivity contribution < 1.29 is 5.11 Å². The topological polar surface area (TPSA) is 140 Å². The Bertz CT molecular complexity index is 1280. The van der Waals surface area contributed by atoms with E-state index in [0.29, 0.717) is 29.6 Å². The summed E-state index contributed by atoms with van der Waals surface area (Å²) in [6.07, 6.45) is 3.05. The minimum absolute atomic E-state index is 0.353. The summed E-state index contributed by atoms with van der Waals surface area (Å²) in [6, 6.07) is 17.3. The molecule has 1 unspecified atom stereocenters. The number of nitrogens with one attached hydrogen (secondary N) is 2. The smallest absolute Gasteiger partial charge is 0.227 e. The lowest BCUT2D eigenvalue weighted by Gasteiger charge is -2.32. The van der Waals surface area contributed by atoms with E-state index in [-0.39, 0.29) is 6.10 Å². The molecule has 0 bridgehead atoms. The van der Waals surface area contributed by atoms with Crippen molar-refractivity contribution in [1.29, 1.82) is 5.26 Å². The molecule has 10 nitrogen and oxygen atoms in total. The van der Waals surface area contributed by atoms with Crippen LogP contribution in [0.4, 0.5) is 17.3 Å². The number of aromatic nitrogens is 6. The molecule has 0 radical (unpaired) electrons. The predicted octanol–water partition coefficient (Wildman–Crippen LogP) is 2.90. The van der Waals surface area contributed by atoms with E-state index in [4.69, 9.17) is 0 Å². The first-order chi connectivity index (χ1) is 16.2. The highest BCUT2D eigenvalue weighted by molar-refractivity contribution is 5.70. The predicted molar refractivity (Wildman–Crippen MR) is 123 cm³/mol. The van der Waals surface area contributed by atoms with Gasteiger partial charge in [-0.25, -0.2) is 9.97 Å². The third-order valence-corrected chi connectivity index (χ3v) is 5.50. The number of benzene rings is 2. The second-order valence-corrected chi connectivity index (χ2v) is 7.83. The first-order valence-corrected chi connectivity index (χ1v) is 10.6. The highest BCUT2D eigenvalue weighted by Crippen LogP contribution is 2.28. The van der Waals surface area contributed by atoms with Gasteiger partial charge >= 0.3 is 0 Å². The van der Waals surface area contributed by atoms with E-state index < -0.39 is 0 Å². The Kier molecular flexibility index (Phi) is 5.61. The van der Waals surface area contributed by atoms with Gasteiger partial charge in [0.15, 0.2) is 0 Å². The van der Waals surface area contributed by atoms with Crippen LogP contribution in [-0.4, -0.2) is 54.9 Å². The average Bonchev–Trinajstić information content (AvgIpc) is 3.39. The third kappa shape index (κ3) is 4.63. The number of nitrogens with zero attached hydrogens (tertiary/aromatic N) is 7. The summed E-state index contributed by atoms with van der Waals surface area (Å²) >= 11 is 0. The summed E-state index contributed by atoms with van der Waals surface area (Å²) in [4.78, 5) is 11.1. The minimum Gasteiger partial charge on any atom is -0.391 e. The van der Waals surface area contributed by atoms with Gasteiger partial charge in [0, 0.05) is 41.8 Å². The van der Waals surface area contributed by atoms with Crippen LogP contribution in [0.15, 0.2) is 54.7 Å². The van der Waals surface area contributed by atoms with E-state index >= 15 is 0 Å².